The molecule has 102 valence electrons. The molecule has 2 heteroatoms. The van der Waals surface area contributed by atoms with E-state index in [4.69, 9.17) is 0 Å². The Labute approximate surface area is 107 Å². The van der Waals surface area contributed by atoms with E-state index in [1.165, 1.54) is 6.42 Å². The van der Waals surface area contributed by atoms with Crippen LogP contribution in [0.5, 0.6) is 0 Å². The smallest absolute Gasteiger partial charge is 0.0695 e. The molecule has 1 aliphatic carbocycles. The lowest BCUT2D eigenvalue weighted by molar-refractivity contribution is -0.00429. The first-order valence-corrected chi connectivity index (χ1v) is 7.09. The van der Waals surface area contributed by atoms with Crippen LogP contribution in [0, 0.1) is 17.3 Å². The zero-order valence-electron chi connectivity index (χ0n) is 12.5. The number of likely N-dealkylation sites (N-methyl/N-ethyl adjacent to an activating group) is 1. The van der Waals surface area contributed by atoms with Crippen LogP contribution in [0.4, 0.5) is 0 Å². The Balaban J connectivity index is 2.60. The van der Waals surface area contributed by atoms with Crippen molar-refractivity contribution in [2.45, 2.75) is 66.0 Å². The van der Waals surface area contributed by atoms with Crippen LogP contribution >= 0.6 is 0 Å². The average molecular weight is 241 g/mol. The first-order chi connectivity index (χ1) is 7.70. The van der Waals surface area contributed by atoms with Crippen molar-refractivity contribution >= 4 is 0 Å². The lowest BCUT2D eigenvalue weighted by Crippen LogP contribution is -2.48. The largest absolute Gasteiger partial charge is 0.391 e. The minimum atomic E-state index is -0.127. The number of hydrogen-bond donors (Lipinski definition) is 1. The number of rotatable bonds is 3. The van der Waals surface area contributed by atoms with Crippen molar-refractivity contribution in [2.75, 3.05) is 13.6 Å². The van der Waals surface area contributed by atoms with Gasteiger partial charge in [-0.2, -0.15) is 0 Å². The molecular formula is C15H31NO. The molecule has 0 bridgehead atoms. The highest BCUT2D eigenvalue weighted by Crippen LogP contribution is 2.33. The summed E-state index contributed by atoms with van der Waals surface area (Å²) in [5.41, 5.74) is 0.305. The van der Waals surface area contributed by atoms with Crippen LogP contribution in [-0.4, -0.2) is 35.7 Å². The van der Waals surface area contributed by atoms with Gasteiger partial charge in [-0.15, -0.1) is 0 Å². The van der Waals surface area contributed by atoms with E-state index in [1.807, 2.05) is 0 Å². The molecule has 17 heavy (non-hydrogen) atoms. The van der Waals surface area contributed by atoms with Crippen LogP contribution in [-0.2, 0) is 0 Å². The molecule has 0 aromatic heterocycles. The van der Waals surface area contributed by atoms with Crippen molar-refractivity contribution in [2.24, 2.45) is 17.3 Å². The van der Waals surface area contributed by atoms with Crippen LogP contribution in [0.25, 0.3) is 0 Å². The van der Waals surface area contributed by atoms with E-state index < -0.39 is 0 Å². The van der Waals surface area contributed by atoms with E-state index in [2.05, 4.69) is 46.6 Å². The van der Waals surface area contributed by atoms with E-state index >= 15 is 0 Å². The summed E-state index contributed by atoms with van der Waals surface area (Å²) >= 11 is 0. The van der Waals surface area contributed by atoms with Crippen LogP contribution < -0.4 is 0 Å². The van der Waals surface area contributed by atoms with Crippen molar-refractivity contribution in [1.29, 1.82) is 0 Å². The minimum Gasteiger partial charge on any atom is -0.391 e. The minimum absolute atomic E-state index is 0.127. The van der Waals surface area contributed by atoms with Crippen molar-refractivity contribution < 1.29 is 5.11 Å². The summed E-state index contributed by atoms with van der Waals surface area (Å²) < 4.78 is 0. The van der Waals surface area contributed by atoms with Gasteiger partial charge in [0, 0.05) is 12.6 Å². The summed E-state index contributed by atoms with van der Waals surface area (Å²) in [6, 6.07) is 0.357. The summed E-state index contributed by atoms with van der Waals surface area (Å²) in [5.74, 6) is 1.53. The van der Waals surface area contributed by atoms with Gasteiger partial charge in [0.25, 0.3) is 0 Å². The topological polar surface area (TPSA) is 23.5 Å². The summed E-state index contributed by atoms with van der Waals surface area (Å²) in [4.78, 5) is 2.37. The molecule has 0 aromatic carbocycles. The fourth-order valence-corrected chi connectivity index (χ4v) is 3.11. The molecule has 1 saturated carbocycles. The second kappa shape index (κ2) is 5.71. The molecule has 3 atom stereocenters. The molecule has 1 N–H and O–H groups in total. The Hall–Kier alpha value is -0.0800. The average Bonchev–Trinajstić information content (AvgIpc) is 2.14. The molecule has 2 nitrogen and oxygen atoms in total. The molecule has 0 amide bonds. The van der Waals surface area contributed by atoms with Crippen LogP contribution in [0.15, 0.2) is 0 Å². The zero-order valence-corrected chi connectivity index (χ0v) is 12.5. The third-order valence-corrected chi connectivity index (χ3v) is 4.05. The van der Waals surface area contributed by atoms with Gasteiger partial charge in [-0.25, -0.2) is 0 Å². The Morgan fingerprint density at radius 2 is 1.82 bits per heavy atom. The molecule has 0 heterocycles. The number of aliphatic hydroxyl groups is 1. The highest BCUT2D eigenvalue weighted by atomic mass is 16.3. The van der Waals surface area contributed by atoms with E-state index in [9.17, 15) is 5.11 Å². The molecular weight excluding hydrogens is 210 g/mol. The van der Waals surface area contributed by atoms with Gasteiger partial charge in [-0.3, -0.25) is 0 Å². The Morgan fingerprint density at radius 1 is 1.24 bits per heavy atom. The van der Waals surface area contributed by atoms with Gasteiger partial charge in [0.2, 0.25) is 0 Å². The molecule has 0 aliphatic heterocycles. The maximum atomic E-state index is 10.2. The molecule has 0 spiro atoms. The van der Waals surface area contributed by atoms with Gasteiger partial charge in [0.05, 0.1) is 6.10 Å². The standard InChI is InChI=1S/C15H31NO/c1-11(2)12-7-8-14(17)13(9-12)16(6)10-15(3,4)5/h11-14,17H,7-10H2,1-6H3. The second-order valence-corrected chi connectivity index (χ2v) is 7.43. The maximum absolute atomic E-state index is 10.2. The van der Waals surface area contributed by atoms with Gasteiger partial charge in [-0.05, 0) is 43.6 Å². The lowest BCUT2D eigenvalue weighted by Gasteiger charge is -2.42. The summed E-state index contributed by atoms with van der Waals surface area (Å²) in [5, 5.41) is 10.2. The first kappa shape index (κ1) is 15.0. The van der Waals surface area contributed by atoms with Gasteiger partial charge in [0.15, 0.2) is 0 Å². The van der Waals surface area contributed by atoms with Gasteiger partial charge in [0.1, 0.15) is 0 Å². The molecule has 1 fully saturated rings. The van der Waals surface area contributed by atoms with Crippen LogP contribution in [0.2, 0.25) is 0 Å². The quantitative estimate of drug-likeness (QED) is 0.820. The predicted octanol–water partition coefficient (Wildman–Crippen LogP) is 3.15. The molecule has 1 rings (SSSR count). The van der Waals surface area contributed by atoms with Crippen molar-refractivity contribution in [3.05, 3.63) is 0 Å². The number of nitrogens with zero attached hydrogens (tertiary/aromatic N) is 1. The highest BCUT2D eigenvalue weighted by molar-refractivity contribution is 4.87. The zero-order chi connectivity index (χ0) is 13.2. The maximum Gasteiger partial charge on any atom is 0.0695 e. The van der Waals surface area contributed by atoms with Crippen LogP contribution in [0.3, 0.4) is 0 Å². The number of aliphatic hydroxyl groups excluding tert-OH is 1. The predicted molar refractivity (Wildman–Crippen MR) is 74.1 cm³/mol. The van der Waals surface area contributed by atoms with Gasteiger partial charge in [-0.1, -0.05) is 34.6 Å². The highest BCUT2D eigenvalue weighted by Gasteiger charge is 2.34. The van der Waals surface area contributed by atoms with E-state index in [1.54, 1.807) is 0 Å². The van der Waals surface area contributed by atoms with Gasteiger partial charge < -0.3 is 10.0 Å². The third kappa shape index (κ3) is 4.59. The fraction of sp³-hybridized carbons (Fsp3) is 1.00. The monoisotopic (exact) mass is 241 g/mol. The van der Waals surface area contributed by atoms with Crippen LogP contribution in [0.1, 0.15) is 53.9 Å². The molecule has 0 saturated heterocycles. The van der Waals surface area contributed by atoms with Crippen molar-refractivity contribution in [1.82, 2.24) is 4.90 Å². The number of hydrogen-bond acceptors (Lipinski definition) is 2. The van der Waals surface area contributed by atoms with E-state index in [0.717, 1.165) is 31.2 Å². The Kier molecular flexibility index (Phi) is 5.03. The Bertz CT molecular complexity index is 232. The van der Waals surface area contributed by atoms with E-state index in [0.29, 0.717) is 11.5 Å². The van der Waals surface area contributed by atoms with Crippen molar-refractivity contribution in [3.8, 4) is 0 Å². The lowest BCUT2D eigenvalue weighted by atomic mass is 9.77. The molecule has 0 radical (unpaired) electrons. The fourth-order valence-electron chi connectivity index (χ4n) is 3.11. The normalized spacial score (nSPS) is 31.2. The molecule has 1 aliphatic rings. The van der Waals surface area contributed by atoms with E-state index in [-0.39, 0.29) is 6.10 Å². The second-order valence-electron chi connectivity index (χ2n) is 7.43. The summed E-state index contributed by atoms with van der Waals surface area (Å²) in [6.45, 7) is 12.5. The summed E-state index contributed by atoms with van der Waals surface area (Å²) in [7, 11) is 2.17. The molecule has 0 aromatic rings. The van der Waals surface area contributed by atoms with Gasteiger partial charge >= 0.3 is 0 Å². The third-order valence-electron chi connectivity index (χ3n) is 4.05. The summed E-state index contributed by atoms with van der Waals surface area (Å²) in [6.07, 6.45) is 3.20. The van der Waals surface area contributed by atoms with Crippen molar-refractivity contribution in [3.63, 3.8) is 0 Å². The first-order valence-electron chi connectivity index (χ1n) is 7.09. The SMILES string of the molecule is CC(C)C1CCC(O)C(N(C)CC(C)(C)C)C1. The Morgan fingerprint density at radius 3 is 2.29 bits per heavy atom. The molecule has 3 unspecified atom stereocenters.